The number of furan rings is 1. The molecule has 1 aliphatic rings. The van der Waals surface area contributed by atoms with Crippen LogP contribution in [0.15, 0.2) is 199 Å². The summed E-state index contributed by atoms with van der Waals surface area (Å²) in [6, 6.07) is 64.2. The van der Waals surface area contributed by atoms with Crippen LogP contribution in [0.4, 0.5) is 17.2 Å². The van der Waals surface area contributed by atoms with Gasteiger partial charge in [0.15, 0.2) is 8.07 Å². The summed E-state index contributed by atoms with van der Waals surface area (Å²) in [6.45, 7) is 4.73. The van der Waals surface area contributed by atoms with Gasteiger partial charge in [-0.05, 0) is 73.7 Å². The lowest BCUT2D eigenvalue weighted by Gasteiger charge is -2.43. The predicted octanol–water partition coefficient (Wildman–Crippen LogP) is 10.4. The number of nitrogens with zero attached hydrogens (tertiary/aromatic N) is 4. The van der Waals surface area contributed by atoms with Gasteiger partial charge in [0.25, 0.3) is 0 Å². The van der Waals surface area contributed by atoms with Crippen molar-refractivity contribution in [3.05, 3.63) is 206 Å². The molecular formula is C53H38N4OSi. The van der Waals surface area contributed by atoms with E-state index < -0.39 is 8.07 Å². The zero-order valence-corrected chi connectivity index (χ0v) is 33.7. The molecule has 0 spiro atoms. The molecule has 6 heteroatoms. The van der Waals surface area contributed by atoms with E-state index in [-0.39, 0.29) is 5.41 Å². The second kappa shape index (κ2) is 12.6. The van der Waals surface area contributed by atoms with Crippen LogP contribution in [0, 0.1) is 0 Å². The third-order valence-corrected chi connectivity index (χ3v) is 17.6. The number of rotatable bonds is 5. The van der Waals surface area contributed by atoms with Crippen molar-refractivity contribution in [2.24, 2.45) is 0 Å². The molecule has 11 aromatic rings. The summed E-state index contributed by atoms with van der Waals surface area (Å²) in [5.41, 5.74) is 8.26. The van der Waals surface area contributed by atoms with Gasteiger partial charge in [0, 0.05) is 45.6 Å². The summed E-state index contributed by atoms with van der Waals surface area (Å²) in [5.74, 6) is 0.876. The number of anilines is 3. The number of hydrogen-bond acceptors (Lipinski definition) is 4. The summed E-state index contributed by atoms with van der Waals surface area (Å²) < 4.78 is 9.56. The number of imidazole rings is 1. The average molecular weight is 775 g/mol. The second-order valence-corrected chi connectivity index (χ2v) is 19.9. The molecule has 0 aliphatic carbocycles. The van der Waals surface area contributed by atoms with Gasteiger partial charge in [-0.2, -0.15) is 0 Å². The van der Waals surface area contributed by atoms with Crippen LogP contribution < -0.4 is 25.6 Å². The van der Waals surface area contributed by atoms with Crippen LogP contribution in [0.1, 0.15) is 25.0 Å². The number of para-hydroxylation sites is 3. The predicted molar refractivity (Wildman–Crippen MR) is 246 cm³/mol. The molecular weight excluding hydrogens is 737 g/mol. The minimum atomic E-state index is -3.28. The molecule has 0 amide bonds. The first-order valence-electron chi connectivity index (χ1n) is 20.2. The standard InChI is InChI=1S/C53H38N4OSi/c1-53(2)42-23-11-13-25-44(42)57(48-27-15-16-30-54-48)45-34-47(51-49(50(45)53)40-22-10-14-26-46(40)58-51)59(35-17-5-3-6-18-35,36-19-7-4-8-20-36)37-28-29-38-39-21-9-12-24-43(39)56-32-31-55-52(56)41(38)33-37/h3-34H,1-2H3. The highest BCUT2D eigenvalue weighted by molar-refractivity contribution is 7.20. The third-order valence-electron chi connectivity index (χ3n) is 12.8. The Morgan fingerprint density at radius 3 is 2.02 bits per heavy atom. The van der Waals surface area contributed by atoms with Crippen LogP contribution in [-0.2, 0) is 5.41 Å². The minimum absolute atomic E-state index is 0.374. The van der Waals surface area contributed by atoms with Gasteiger partial charge in [-0.25, -0.2) is 9.97 Å². The Morgan fingerprint density at radius 2 is 1.24 bits per heavy atom. The number of hydrogen-bond donors (Lipinski definition) is 0. The van der Waals surface area contributed by atoms with Crippen molar-refractivity contribution in [3.63, 3.8) is 0 Å². The van der Waals surface area contributed by atoms with Gasteiger partial charge in [-0.3, -0.25) is 9.30 Å². The molecule has 7 aromatic carbocycles. The van der Waals surface area contributed by atoms with E-state index in [0.717, 1.165) is 55.7 Å². The molecule has 12 rings (SSSR count). The molecule has 5 nitrogen and oxygen atoms in total. The molecule has 4 aromatic heterocycles. The Kier molecular flexibility index (Phi) is 7.23. The van der Waals surface area contributed by atoms with Gasteiger partial charge in [-0.1, -0.05) is 153 Å². The first-order valence-corrected chi connectivity index (χ1v) is 22.2. The highest BCUT2D eigenvalue weighted by atomic mass is 28.3. The van der Waals surface area contributed by atoms with E-state index in [0.29, 0.717) is 0 Å². The van der Waals surface area contributed by atoms with E-state index in [1.807, 2.05) is 18.5 Å². The van der Waals surface area contributed by atoms with Crippen molar-refractivity contribution in [2.45, 2.75) is 19.3 Å². The van der Waals surface area contributed by atoms with Gasteiger partial charge in [0.05, 0.1) is 16.9 Å². The molecule has 280 valence electrons. The van der Waals surface area contributed by atoms with Crippen molar-refractivity contribution in [3.8, 4) is 0 Å². The molecule has 0 saturated heterocycles. The zero-order chi connectivity index (χ0) is 39.3. The van der Waals surface area contributed by atoms with E-state index in [1.165, 1.54) is 42.6 Å². The number of pyridine rings is 2. The van der Waals surface area contributed by atoms with Crippen molar-refractivity contribution >= 4 is 95.3 Å². The quantitative estimate of drug-likeness (QED) is 0.0993. The summed E-state index contributed by atoms with van der Waals surface area (Å²) in [5, 5.41) is 10.8. The molecule has 5 heterocycles. The molecule has 0 bridgehead atoms. The van der Waals surface area contributed by atoms with E-state index in [4.69, 9.17) is 14.4 Å². The molecule has 59 heavy (non-hydrogen) atoms. The lowest BCUT2D eigenvalue weighted by Crippen LogP contribution is -2.75. The summed E-state index contributed by atoms with van der Waals surface area (Å²) in [7, 11) is -3.28. The van der Waals surface area contributed by atoms with Crippen molar-refractivity contribution < 1.29 is 4.42 Å². The highest BCUT2D eigenvalue weighted by Gasteiger charge is 2.48. The van der Waals surface area contributed by atoms with E-state index in [1.54, 1.807) is 0 Å². The molecule has 0 unspecified atom stereocenters. The smallest absolute Gasteiger partial charge is 0.184 e. The Hall–Kier alpha value is -7.28. The van der Waals surface area contributed by atoms with Gasteiger partial charge in [0.2, 0.25) is 0 Å². The van der Waals surface area contributed by atoms with Crippen molar-refractivity contribution in [1.82, 2.24) is 14.4 Å². The van der Waals surface area contributed by atoms with Crippen LogP contribution in [0.2, 0.25) is 0 Å². The molecule has 0 saturated carbocycles. The molecule has 0 N–H and O–H groups in total. The second-order valence-electron chi connectivity index (χ2n) is 16.2. The van der Waals surface area contributed by atoms with Crippen LogP contribution in [0.3, 0.4) is 0 Å². The summed E-state index contributed by atoms with van der Waals surface area (Å²) >= 11 is 0. The number of benzene rings is 7. The maximum absolute atomic E-state index is 7.33. The molecule has 1 aliphatic heterocycles. The number of fused-ring (bicyclic) bond motifs is 12. The van der Waals surface area contributed by atoms with Gasteiger partial charge >= 0.3 is 0 Å². The first-order chi connectivity index (χ1) is 29.0. The SMILES string of the molecule is CC1(C)c2ccccc2N(c2ccccn2)c2cc([Si](c3ccccc3)(c3ccccc3)c3ccc4c5ccccc5n5ccnc5c4c3)c3oc4ccccc4c3c21. The monoisotopic (exact) mass is 774 g/mol. The minimum Gasteiger partial charge on any atom is -0.456 e. The Balaban J connectivity index is 1.31. The fraction of sp³-hybridized carbons (Fsp3) is 0.0566. The summed E-state index contributed by atoms with van der Waals surface area (Å²) in [6.07, 6.45) is 5.89. The maximum atomic E-state index is 7.33. The average Bonchev–Trinajstić information content (AvgIpc) is 3.95. The van der Waals surface area contributed by atoms with E-state index >= 15 is 0 Å². The first kappa shape index (κ1) is 33.8. The van der Waals surface area contributed by atoms with Crippen LogP contribution in [0.25, 0.3) is 49.3 Å². The van der Waals surface area contributed by atoms with Gasteiger partial charge in [-0.15, -0.1) is 0 Å². The van der Waals surface area contributed by atoms with Gasteiger partial charge in [0.1, 0.15) is 22.6 Å². The van der Waals surface area contributed by atoms with E-state index in [2.05, 4.69) is 199 Å². The largest absolute Gasteiger partial charge is 0.456 e. The van der Waals surface area contributed by atoms with Crippen molar-refractivity contribution in [1.29, 1.82) is 0 Å². The normalized spacial score (nSPS) is 13.7. The van der Waals surface area contributed by atoms with Crippen LogP contribution in [-0.4, -0.2) is 22.4 Å². The topological polar surface area (TPSA) is 46.6 Å². The Labute approximate surface area is 342 Å². The lowest BCUT2D eigenvalue weighted by atomic mass is 9.72. The van der Waals surface area contributed by atoms with E-state index in [9.17, 15) is 0 Å². The summed E-state index contributed by atoms with van der Waals surface area (Å²) in [4.78, 5) is 12.4. The third kappa shape index (κ3) is 4.66. The fourth-order valence-electron chi connectivity index (χ4n) is 10.3. The molecule has 0 fully saturated rings. The van der Waals surface area contributed by atoms with Gasteiger partial charge < -0.3 is 4.42 Å². The maximum Gasteiger partial charge on any atom is 0.184 e. The van der Waals surface area contributed by atoms with Crippen molar-refractivity contribution in [2.75, 3.05) is 4.90 Å². The molecule has 0 atom stereocenters. The zero-order valence-electron chi connectivity index (χ0n) is 32.7. The van der Waals surface area contributed by atoms with Crippen LogP contribution in [0.5, 0.6) is 0 Å². The lowest BCUT2D eigenvalue weighted by molar-refractivity contribution is 0.634. The number of aromatic nitrogens is 3. The Morgan fingerprint density at radius 1 is 0.542 bits per heavy atom. The fourth-order valence-corrected chi connectivity index (χ4v) is 15.2. The Bertz CT molecular complexity index is 3390. The van der Waals surface area contributed by atoms with Crippen LogP contribution >= 0.6 is 0 Å². The highest BCUT2D eigenvalue weighted by Crippen LogP contribution is 2.54. The molecule has 0 radical (unpaired) electrons.